The number of epoxide rings is 1. The Kier molecular flexibility index (Phi) is 15.8. The summed E-state index contributed by atoms with van der Waals surface area (Å²) >= 11 is 0. The van der Waals surface area contributed by atoms with Crippen molar-refractivity contribution in [2.75, 3.05) is 59.5 Å². The van der Waals surface area contributed by atoms with Crippen molar-refractivity contribution in [2.45, 2.75) is 82.9 Å². The Bertz CT molecular complexity index is 565. The van der Waals surface area contributed by atoms with Gasteiger partial charge >= 0.3 is 17.1 Å². The van der Waals surface area contributed by atoms with E-state index in [2.05, 4.69) is 45.8 Å². The van der Waals surface area contributed by atoms with Crippen LogP contribution in [0.2, 0.25) is 64.0 Å². The van der Waals surface area contributed by atoms with E-state index in [4.69, 9.17) is 41.5 Å². The fourth-order valence-electron chi connectivity index (χ4n) is 4.14. The summed E-state index contributed by atoms with van der Waals surface area (Å²) < 4.78 is 42.4. The lowest BCUT2D eigenvalue weighted by molar-refractivity contribution is 0.0923. The molecule has 13 heteroatoms. The first-order valence-electron chi connectivity index (χ1n) is 13.0. The molecule has 0 aromatic heterocycles. The SMILES string of the molecule is C[Si](C)(CCCOCCO)O[Si](C)(C)O[Si](C)(CCCOCC1CO1)O[Si](C)(C)CCOCCO. The predicted octanol–water partition coefficient (Wildman–Crippen LogP) is 3.43. The average molecular weight is 573 g/mol. The molecule has 0 radical (unpaired) electrons. The van der Waals surface area contributed by atoms with Crippen molar-refractivity contribution in [3.8, 4) is 0 Å². The monoisotopic (exact) mass is 572 g/mol. The summed E-state index contributed by atoms with van der Waals surface area (Å²) in [6.07, 6.45) is 2.08. The van der Waals surface area contributed by atoms with Crippen LogP contribution < -0.4 is 0 Å². The Morgan fingerprint density at radius 3 is 1.80 bits per heavy atom. The van der Waals surface area contributed by atoms with Gasteiger partial charge in [-0.3, -0.25) is 0 Å². The van der Waals surface area contributed by atoms with Crippen molar-refractivity contribution >= 4 is 33.8 Å². The van der Waals surface area contributed by atoms with E-state index >= 15 is 0 Å². The molecule has 0 aliphatic carbocycles. The summed E-state index contributed by atoms with van der Waals surface area (Å²) in [4.78, 5) is 0. The third-order valence-electron chi connectivity index (χ3n) is 5.49. The first-order valence-corrected chi connectivity index (χ1v) is 24.6. The molecule has 0 amide bonds. The molecule has 1 heterocycles. The van der Waals surface area contributed by atoms with Gasteiger partial charge in [0.25, 0.3) is 0 Å². The fraction of sp³-hybridized carbons (Fsp3) is 1.00. The van der Waals surface area contributed by atoms with Gasteiger partial charge in [-0.1, -0.05) is 0 Å². The zero-order chi connectivity index (χ0) is 26.4. The number of aliphatic hydroxyl groups excluding tert-OH is 2. The highest BCUT2D eigenvalue weighted by Crippen LogP contribution is 2.30. The van der Waals surface area contributed by atoms with Crippen LogP contribution >= 0.6 is 0 Å². The molecule has 2 atom stereocenters. The number of hydrogen-bond donors (Lipinski definition) is 2. The molecular weight excluding hydrogens is 521 g/mol. The molecule has 210 valence electrons. The Hall–Kier alpha value is 0.508. The molecule has 1 saturated heterocycles. The molecule has 1 aliphatic heterocycles. The topological polar surface area (TPSA) is 108 Å². The van der Waals surface area contributed by atoms with E-state index in [0.29, 0.717) is 39.6 Å². The highest BCUT2D eigenvalue weighted by atomic mass is 28.5. The lowest BCUT2D eigenvalue weighted by Gasteiger charge is -2.42. The lowest BCUT2D eigenvalue weighted by Crippen LogP contribution is -2.57. The van der Waals surface area contributed by atoms with Gasteiger partial charge in [0, 0.05) is 19.8 Å². The fourth-order valence-corrected chi connectivity index (χ4v) is 23.4. The number of aliphatic hydroxyl groups is 2. The number of ether oxygens (including phenoxy) is 4. The predicted molar refractivity (Wildman–Crippen MR) is 147 cm³/mol. The summed E-state index contributed by atoms with van der Waals surface area (Å²) in [5.74, 6) is 0. The van der Waals surface area contributed by atoms with Gasteiger partial charge in [-0.25, -0.2) is 0 Å². The molecule has 2 N–H and O–H groups in total. The Morgan fingerprint density at radius 1 is 0.657 bits per heavy atom. The molecular formula is C22H52O9Si4. The van der Waals surface area contributed by atoms with Gasteiger partial charge in [-0.2, -0.15) is 0 Å². The molecule has 0 aromatic rings. The van der Waals surface area contributed by atoms with Crippen LogP contribution in [0.25, 0.3) is 0 Å². The average Bonchev–Trinajstić information content (AvgIpc) is 3.53. The van der Waals surface area contributed by atoms with Crippen LogP contribution in [-0.4, -0.2) is 110 Å². The van der Waals surface area contributed by atoms with E-state index in [9.17, 15) is 0 Å². The van der Waals surface area contributed by atoms with Crippen LogP contribution in [-0.2, 0) is 31.3 Å². The maximum atomic E-state index is 8.97. The molecule has 0 aromatic carbocycles. The molecule has 2 unspecified atom stereocenters. The molecule has 35 heavy (non-hydrogen) atoms. The maximum Gasteiger partial charge on any atom is 0.315 e. The summed E-state index contributed by atoms with van der Waals surface area (Å²) in [7, 11) is -9.00. The van der Waals surface area contributed by atoms with Gasteiger partial charge in [0.15, 0.2) is 16.6 Å². The third-order valence-corrected chi connectivity index (χ3v) is 21.5. The van der Waals surface area contributed by atoms with Crippen LogP contribution in [0.1, 0.15) is 12.8 Å². The van der Waals surface area contributed by atoms with Gasteiger partial charge in [0.1, 0.15) is 6.10 Å². The second kappa shape index (κ2) is 16.5. The van der Waals surface area contributed by atoms with E-state index in [1.165, 1.54) is 0 Å². The summed E-state index contributed by atoms with van der Waals surface area (Å²) in [6.45, 7) is 19.6. The standard InChI is InChI=1S/C22H52O9Si4/c1-32(2,17-8-12-25-14-10-23)29-34(5,6)31-35(7,18-9-13-27-20-22-21-28-22)30-33(3,4)19-16-26-15-11-24/h22-24H,8-21H2,1-7H3. The highest BCUT2D eigenvalue weighted by molar-refractivity contribution is 6.89. The normalized spacial score (nSPS) is 18.6. The van der Waals surface area contributed by atoms with Crippen LogP contribution in [0.3, 0.4) is 0 Å². The lowest BCUT2D eigenvalue weighted by atomic mass is 10.5. The summed E-state index contributed by atoms with van der Waals surface area (Å²) in [5.41, 5.74) is 0. The smallest absolute Gasteiger partial charge is 0.315 e. The quantitative estimate of drug-likeness (QED) is 0.108. The van der Waals surface area contributed by atoms with Gasteiger partial charge < -0.3 is 41.5 Å². The van der Waals surface area contributed by atoms with E-state index in [1.54, 1.807) is 0 Å². The Balaban J connectivity index is 2.71. The molecule has 0 spiro atoms. The van der Waals surface area contributed by atoms with E-state index in [0.717, 1.165) is 37.6 Å². The minimum atomic E-state index is -2.55. The minimum Gasteiger partial charge on any atom is -0.436 e. The van der Waals surface area contributed by atoms with Crippen molar-refractivity contribution in [2.24, 2.45) is 0 Å². The van der Waals surface area contributed by atoms with Gasteiger partial charge in [0.05, 0.1) is 39.6 Å². The largest absolute Gasteiger partial charge is 0.436 e. The van der Waals surface area contributed by atoms with Crippen molar-refractivity contribution in [3.05, 3.63) is 0 Å². The van der Waals surface area contributed by atoms with E-state index in [-0.39, 0.29) is 19.3 Å². The van der Waals surface area contributed by atoms with E-state index in [1.807, 2.05) is 0 Å². The molecule has 1 rings (SSSR count). The van der Waals surface area contributed by atoms with Crippen molar-refractivity contribution in [1.82, 2.24) is 0 Å². The van der Waals surface area contributed by atoms with Crippen LogP contribution in [0.4, 0.5) is 0 Å². The minimum absolute atomic E-state index is 0.0364. The zero-order valence-electron chi connectivity index (χ0n) is 23.2. The number of rotatable bonds is 23. The Labute approximate surface area is 217 Å². The zero-order valence-corrected chi connectivity index (χ0v) is 27.2. The first kappa shape index (κ1) is 33.5. The summed E-state index contributed by atoms with van der Waals surface area (Å²) in [5, 5.41) is 17.8. The molecule has 0 bridgehead atoms. The van der Waals surface area contributed by atoms with Crippen molar-refractivity contribution in [3.63, 3.8) is 0 Å². The molecule has 1 aliphatic rings. The molecule has 0 saturated carbocycles. The third kappa shape index (κ3) is 17.6. The maximum absolute atomic E-state index is 8.97. The number of hydrogen-bond acceptors (Lipinski definition) is 9. The van der Waals surface area contributed by atoms with Gasteiger partial charge in [-0.05, 0) is 76.8 Å². The second-order valence-electron chi connectivity index (χ2n) is 11.0. The second-order valence-corrected chi connectivity index (χ2v) is 27.1. The Morgan fingerprint density at radius 2 is 1.20 bits per heavy atom. The van der Waals surface area contributed by atoms with E-state index < -0.39 is 33.8 Å². The van der Waals surface area contributed by atoms with Crippen LogP contribution in [0.15, 0.2) is 0 Å². The molecule has 9 nitrogen and oxygen atoms in total. The first-order chi connectivity index (χ1) is 16.3. The highest BCUT2D eigenvalue weighted by Gasteiger charge is 2.45. The van der Waals surface area contributed by atoms with Crippen molar-refractivity contribution < 1.29 is 41.5 Å². The van der Waals surface area contributed by atoms with Crippen LogP contribution in [0, 0.1) is 0 Å². The molecule has 1 fully saturated rings. The van der Waals surface area contributed by atoms with Gasteiger partial charge in [-0.15, -0.1) is 0 Å². The summed E-state index contributed by atoms with van der Waals surface area (Å²) in [6, 6.07) is 2.69. The van der Waals surface area contributed by atoms with Crippen molar-refractivity contribution in [1.29, 1.82) is 0 Å². The van der Waals surface area contributed by atoms with Gasteiger partial charge in [0.2, 0.25) is 0 Å². The van der Waals surface area contributed by atoms with Crippen LogP contribution in [0.5, 0.6) is 0 Å².